The molecule has 1 aromatic rings. The molecule has 3 heteroatoms. The average Bonchev–Trinajstić information content (AvgIpc) is 2.98. The molecule has 0 atom stereocenters. The van der Waals surface area contributed by atoms with Crippen molar-refractivity contribution in [2.75, 3.05) is 11.9 Å². The van der Waals surface area contributed by atoms with E-state index >= 15 is 0 Å². The van der Waals surface area contributed by atoms with Crippen LogP contribution in [0.3, 0.4) is 0 Å². The molecule has 2 nitrogen and oxygen atoms in total. The maximum Gasteiger partial charge on any atom is 0.0820 e. The number of anilines is 1. The average molecular weight is 211 g/mol. The maximum atomic E-state index is 5.99. The van der Waals surface area contributed by atoms with E-state index in [1.54, 1.807) is 12.4 Å². The van der Waals surface area contributed by atoms with Crippen LogP contribution < -0.4 is 5.32 Å². The van der Waals surface area contributed by atoms with Gasteiger partial charge in [-0.1, -0.05) is 18.5 Å². The lowest BCUT2D eigenvalue weighted by atomic mass is 10.0. The molecule has 1 fully saturated rings. The molecule has 0 bridgehead atoms. The van der Waals surface area contributed by atoms with E-state index in [1.807, 2.05) is 6.07 Å². The molecule has 1 aliphatic carbocycles. The number of nitrogens with zero attached hydrogens (tertiary/aromatic N) is 1. The fourth-order valence-electron chi connectivity index (χ4n) is 1.63. The summed E-state index contributed by atoms with van der Waals surface area (Å²) in [5.41, 5.74) is 1.55. The van der Waals surface area contributed by atoms with Crippen molar-refractivity contribution in [2.45, 2.75) is 26.2 Å². The monoisotopic (exact) mass is 210 g/mol. The quantitative estimate of drug-likeness (QED) is 0.825. The Morgan fingerprint density at radius 3 is 2.93 bits per heavy atom. The van der Waals surface area contributed by atoms with Gasteiger partial charge in [-0.15, -0.1) is 0 Å². The largest absolute Gasteiger partial charge is 0.383 e. The minimum Gasteiger partial charge on any atom is -0.383 e. The van der Waals surface area contributed by atoms with Crippen molar-refractivity contribution in [3.05, 3.63) is 23.5 Å². The van der Waals surface area contributed by atoms with E-state index in [9.17, 15) is 0 Å². The highest BCUT2D eigenvalue weighted by Crippen LogP contribution is 2.48. The van der Waals surface area contributed by atoms with Gasteiger partial charge >= 0.3 is 0 Å². The number of rotatable bonds is 4. The first-order chi connectivity index (χ1) is 6.76. The zero-order valence-electron chi connectivity index (χ0n) is 8.39. The van der Waals surface area contributed by atoms with Crippen molar-refractivity contribution in [2.24, 2.45) is 5.41 Å². The molecule has 0 amide bonds. The van der Waals surface area contributed by atoms with Crippen LogP contribution in [-0.4, -0.2) is 11.5 Å². The first-order valence-electron chi connectivity index (χ1n) is 5.09. The number of hydrogen-bond donors (Lipinski definition) is 1. The molecule has 0 spiro atoms. The summed E-state index contributed by atoms with van der Waals surface area (Å²) < 4.78 is 0. The van der Waals surface area contributed by atoms with Gasteiger partial charge < -0.3 is 5.32 Å². The van der Waals surface area contributed by atoms with Crippen molar-refractivity contribution < 1.29 is 0 Å². The number of nitrogens with one attached hydrogen (secondary N) is 1. The zero-order valence-corrected chi connectivity index (χ0v) is 9.14. The molecule has 1 aromatic heterocycles. The Hall–Kier alpha value is -0.760. The van der Waals surface area contributed by atoms with Gasteiger partial charge in [0.15, 0.2) is 0 Å². The molecule has 1 N–H and O–H groups in total. The lowest BCUT2D eigenvalue weighted by molar-refractivity contribution is 0.521. The molecule has 1 saturated carbocycles. The van der Waals surface area contributed by atoms with Crippen LogP contribution in [0.15, 0.2) is 18.5 Å². The molecule has 76 valence electrons. The van der Waals surface area contributed by atoms with Gasteiger partial charge in [0.1, 0.15) is 0 Å². The molecular formula is C11H15ClN2. The van der Waals surface area contributed by atoms with Gasteiger partial charge in [0.05, 0.1) is 10.7 Å². The van der Waals surface area contributed by atoms with Crippen LogP contribution >= 0.6 is 11.6 Å². The highest BCUT2D eigenvalue weighted by Gasteiger charge is 2.40. The van der Waals surface area contributed by atoms with Crippen LogP contribution in [0, 0.1) is 5.41 Å². The van der Waals surface area contributed by atoms with Crippen LogP contribution in [-0.2, 0) is 0 Å². The standard InChI is InChI=1S/C11H15ClN2/c1-2-11(4-5-11)8-14-10-3-6-13-7-9(10)12/h3,6-7H,2,4-5,8H2,1H3,(H,13,14). The predicted molar refractivity (Wildman–Crippen MR) is 59.7 cm³/mol. The van der Waals surface area contributed by atoms with E-state index in [0.29, 0.717) is 10.4 Å². The number of pyridine rings is 1. The minimum absolute atomic E-state index is 0.548. The molecule has 0 aromatic carbocycles. The highest BCUT2D eigenvalue weighted by molar-refractivity contribution is 6.33. The van der Waals surface area contributed by atoms with Gasteiger partial charge in [-0.25, -0.2) is 0 Å². The Labute approximate surface area is 89.7 Å². The third-order valence-electron chi connectivity index (χ3n) is 3.13. The molecular weight excluding hydrogens is 196 g/mol. The van der Waals surface area contributed by atoms with Crippen molar-refractivity contribution in [3.8, 4) is 0 Å². The van der Waals surface area contributed by atoms with Crippen LogP contribution in [0.1, 0.15) is 26.2 Å². The summed E-state index contributed by atoms with van der Waals surface area (Å²) in [5.74, 6) is 0. The third kappa shape index (κ3) is 2.01. The second kappa shape index (κ2) is 3.77. The molecule has 2 rings (SSSR count). The van der Waals surface area contributed by atoms with Crippen molar-refractivity contribution in [1.29, 1.82) is 0 Å². The van der Waals surface area contributed by atoms with Crippen LogP contribution in [0.2, 0.25) is 5.02 Å². The molecule has 14 heavy (non-hydrogen) atoms. The van der Waals surface area contributed by atoms with E-state index in [2.05, 4.69) is 17.2 Å². The lowest BCUT2D eigenvalue weighted by Crippen LogP contribution is -2.14. The maximum absolute atomic E-state index is 5.99. The summed E-state index contributed by atoms with van der Waals surface area (Å²) in [6, 6.07) is 1.92. The Balaban J connectivity index is 1.95. The lowest BCUT2D eigenvalue weighted by Gasteiger charge is -2.14. The topological polar surface area (TPSA) is 24.9 Å². The predicted octanol–water partition coefficient (Wildman–Crippen LogP) is 3.34. The van der Waals surface area contributed by atoms with Crippen molar-refractivity contribution in [3.63, 3.8) is 0 Å². The Morgan fingerprint density at radius 1 is 1.57 bits per heavy atom. The first-order valence-corrected chi connectivity index (χ1v) is 5.47. The van der Waals surface area contributed by atoms with E-state index in [0.717, 1.165) is 12.2 Å². The van der Waals surface area contributed by atoms with Crippen molar-refractivity contribution in [1.82, 2.24) is 4.98 Å². The summed E-state index contributed by atoms with van der Waals surface area (Å²) in [7, 11) is 0. The fourth-order valence-corrected chi connectivity index (χ4v) is 1.82. The van der Waals surface area contributed by atoms with Crippen molar-refractivity contribution >= 4 is 17.3 Å². The first kappa shape index (κ1) is 9.78. The fraction of sp³-hybridized carbons (Fsp3) is 0.545. The second-order valence-corrected chi connectivity index (χ2v) is 4.47. The van der Waals surface area contributed by atoms with Crippen LogP contribution in [0.4, 0.5) is 5.69 Å². The normalized spacial score (nSPS) is 17.9. The summed E-state index contributed by atoms with van der Waals surface area (Å²) >= 11 is 5.99. The SMILES string of the molecule is CCC1(CNc2ccncc2Cl)CC1. The molecule has 1 heterocycles. The van der Waals surface area contributed by atoms with Gasteiger partial charge in [0, 0.05) is 18.9 Å². The summed E-state index contributed by atoms with van der Waals surface area (Å²) in [6.45, 7) is 3.29. The van der Waals surface area contributed by atoms with Gasteiger partial charge in [0.25, 0.3) is 0 Å². The molecule has 1 aliphatic rings. The summed E-state index contributed by atoms with van der Waals surface area (Å²) in [4.78, 5) is 3.95. The van der Waals surface area contributed by atoms with E-state index in [4.69, 9.17) is 11.6 Å². The zero-order chi connectivity index (χ0) is 10.0. The van der Waals surface area contributed by atoms with Gasteiger partial charge in [-0.2, -0.15) is 0 Å². The Morgan fingerprint density at radius 2 is 2.36 bits per heavy atom. The van der Waals surface area contributed by atoms with Gasteiger partial charge in [-0.3, -0.25) is 4.98 Å². The molecule has 0 aliphatic heterocycles. The van der Waals surface area contributed by atoms with Gasteiger partial charge in [-0.05, 0) is 30.7 Å². The number of aromatic nitrogens is 1. The van der Waals surface area contributed by atoms with E-state index in [1.165, 1.54) is 19.3 Å². The van der Waals surface area contributed by atoms with Crippen LogP contribution in [0.25, 0.3) is 0 Å². The molecule has 0 saturated heterocycles. The Kier molecular flexibility index (Phi) is 2.64. The Bertz CT molecular complexity index is 321. The van der Waals surface area contributed by atoms with Gasteiger partial charge in [0.2, 0.25) is 0 Å². The highest BCUT2D eigenvalue weighted by atomic mass is 35.5. The summed E-state index contributed by atoms with van der Waals surface area (Å²) in [6.07, 6.45) is 7.39. The molecule has 0 unspecified atom stereocenters. The third-order valence-corrected chi connectivity index (χ3v) is 3.43. The van der Waals surface area contributed by atoms with Crippen LogP contribution in [0.5, 0.6) is 0 Å². The summed E-state index contributed by atoms with van der Waals surface area (Å²) in [5, 5.41) is 4.10. The van der Waals surface area contributed by atoms with E-state index in [-0.39, 0.29) is 0 Å². The molecule has 0 radical (unpaired) electrons. The number of halogens is 1. The smallest absolute Gasteiger partial charge is 0.0820 e. The second-order valence-electron chi connectivity index (χ2n) is 4.06. The van der Waals surface area contributed by atoms with E-state index < -0.39 is 0 Å². The number of hydrogen-bond acceptors (Lipinski definition) is 2. The minimum atomic E-state index is 0.548.